The number of fused-ring (bicyclic) bond motifs is 1. The van der Waals surface area contributed by atoms with Crippen molar-refractivity contribution < 1.29 is 8.42 Å². The van der Waals surface area contributed by atoms with Gasteiger partial charge < -0.3 is 5.32 Å². The molecule has 0 aliphatic carbocycles. The molecule has 6 heteroatoms. The van der Waals surface area contributed by atoms with Gasteiger partial charge in [0.25, 0.3) is 0 Å². The number of nitrogens with one attached hydrogen (secondary N) is 1. The third kappa shape index (κ3) is 2.56. The van der Waals surface area contributed by atoms with Gasteiger partial charge in [0.05, 0.1) is 4.90 Å². The van der Waals surface area contributed by atoms with Crippen LogP contribution in [0.2, 0.25) is 5.02 Å². The molecule has 2 heterocycles. The fourth-order valence-electron chi connectivity index (χ4n) is 2.54. The van der Waals surface area contributed by atoms with Crippen LogP contribution in [0.5, 0.6) is 0 Å². The van der Waals surface area contributed by atoms with Crippen molar-refractivity contribution in [3.05, 3.63) is 34.2 Å². The van der Waals surface area contributed by atoms with E-state index in [0.717, 1.165) is 37.3 Å². The Morgan fingerprint density at radius 2 is 2.00 bits per heavy atom. The number of rotatable bonds is 2. The maximum absolute atomic E-state index is 12.1. The van der Waals surface area contributed by atoms with Crippen LogP contribution >= 0.6 is 11.6 Å². The molecular weight excluding hydrogens is 284 g/mol. The Kier molecular flexibility index (Phi) is 3.39. The topological polar surface area (TPSA) is 49.4 Å². The molecule has 1 N–H and O–H groups in total. The number of nitrogens with zero attached hydrogens (tertiary/aromatic N) is 1. The van der Waals surface area contributed by atoms with Crippen molar-refractivity contribution >= 4 is 27.0 Å². The molecule has 0 radical (unpaired) electrons. The van der Waals surface area contributed by atoms with E-state index in [4.69, 9.17) is 11.6 Å². The minimum Gasteiger partial charge on any atom is -0.314 e. The zero-order chi connectivity index (χ0) is 13.5. The third-order valence-corrected chi connectivity index (χ3v) is 5.28. The van der Waals surface area contributed by atoms with Crippen molar-refractivity contribution in [2.24, 2.45) is 0 Å². The van der Waals surface area contributed by atoms with Crippen molar-refractivity contribution in [2.45, 2.75) is 4.90 Å². The van der Waals surface area contributed by atoms with Gasteiger partial charge in [-0.05, 0) is 23.3 Å². The summed E-state index contributed by atoms with van der Waals surface area (Å²) < 4.78 is 24.2. The summed E-state index contributed by atoms with van der Waals surface area (Å²) in [6.07, 6.45) is 0. The predicted octanol–water partition coefficient (Wildman–Crippen LogP) is 1.37. The van der Waals surface area contributed by atoms with E-state index in [1.165, 1.54) is 11.5 Å². The molecule has 0 atom stereocenters. The Bertz CT molecular complexity index is 634. The van der Waals surface area contributed by atoms with Gasteiger partial charge in [0.1, 0.15) is 0 Å². The molecular formula is C13H15ClN2O2S. The van der Waals surface area contributed by atoms with E-state index in [0.29, 0.717) is 16.5 Å². The number of halogens is 1. The Balaban J connectivity index is 1.92. The van der Waals surface area contributed by atoms with Crippen molar-refractivity contribution in [3.8, 4) is 0 Å². The van der Waals surface area contributed by atoms with Gasteiger partial charge in [0.2, 0.25) is 9.84 Å². The van der Waals surface area contributed by atoms with E-state index < -0.39 is 9.84 Å². The van der Waals surface area contributed by atoms with Crippen molar-refractivity contribution in [2.75, 3.05) is 32.7 Å². The molecule has 0 spiro atoms. The smallest absolute Gasteiger partial charge is 0.200 e. The first-order valence-corrected chi connectivity index (χ1v) is 8.17. The summed E-state index contributed by atoms with van der Waals surface area (Å²) in [5.41, 5.74) is 1.66. The van der Waals surface area contributed by atoms with E-state index in [2.05, 4.69) is 10.2 Å². The van der Waals surface area contributed by atoms with Crippen LogP contribution in [0.3, 0.4) is 0 Å². The largest absolute Gasteiger partial charge is 0.314 e. The molecule has 4 nitrogen and oxygen atoms in total. The summed E-state index contributed by atoms with van der Waals surface area (Å²) in [6.45, 7) is 4.47. The molecule has 102 valence electrons. The lowest BCUT2D eigenvalue weighted by Crippen LogP contribution is -2.43. The number of hydrogen-bond acceptors (Lipinski definition) is 4. The van der Waals surface area contributed by atoms with Crippen LogP contribution in [0.15, 0.2) is 28.5 Å². The number of hydrogen-bond donors (Lipinski definition) is 1. The average molecular weight is 299 g/mol. The highest BCUT2D eigenvalue weighted by molar-refractivity contribution is 7.95. The van der Waals surface area contributed by atoms with Crippen molar-refractivity contribution in [1.29, 1.82) is 0 Å². The minimum absolute atomic E-state index is 0.338. The summed E-state index contributed by atoms with van der Waals surface area (Å²) in [5.74, 6) is 0. The lowest BCUT2D eigenvalue weighted by atomic mass is 10.1. The third-order valence-electron chi connectivity index (χ3n) is 3.50. The molecule has 0 aromatic heterocycles. The highest BCUT2D eigenvalue weighted by atomic mass is 35.5. The van der Waals surface area contributed by atoms with Crippen LogP contribution in [-0.2, 0) is 9.84 Å². The van der Waals surface area contributed by atoms with Crippen molar-refractivity contribution in [3.63, 3.8) is 0 Å². The lowest BCUT2D eigenvalue weighted by Gasteiger charge is -2.27. The molecule has 1 aromatic carbocycles. The molecule has 3 rings (SSSR count). The van der Waals surface area contributed by atoms with Gasteiger partial charge in [-0.25, -0.2) is 8.42 Å². The van der Waals surface area contributed by atoms with Crippen LogP contribution in [-0.4, -0.2) is 46.0 Å². The summed E-state index contributed by atoms with van der Waals surface area (Å²) >= 11 is 5.88. The summed E-state index contributed by atoms with van der Waals surface area (Å²) in [6, 6.07) is 5.08. The highest BCUT2D eigenvalue weighted by Crippen LogP contribution is 2.35. The number of piperazine rings is 1. The molecule has 2 aliphatic rings. The quantitative estimate of drug-likeness (QED) is 0.896. The van der Waals surface area contributed by atoms with E-state index in [-0.39, 0.29) is 0 Å². The number of sulfone groups is 1. The Morgan fingerprint density at radius 1 is 1.26 bits per heavy atom. The van der Waals surface area contributed by atoms with Gasteiger partial charge in [-0.1, -0.05) is 17.7 Å². The van der Waals surface area contributed by atoms with Gasteiger partial charge >= 0.3 is 0 Å². The Morgan fingerprint density at radius 3 is 2.74 bits per heavy atom. The van der Waals surface area contributed by atoms with E-state index in [1.807, 2.05) is 0 Å². The lowest BCUT2D eigenvalue weighted by molar-refractivity contribution is 0.268. The van der Waals surface area contributed by atoms with E-state index in [1.54, 1.807) is 12.1 Å². The maximum atomic E-state index is 12.1. The summed E-state index contributed by atoms with van der Waals surface area (Å²) in [4.78, 5) is 2.60. The fourth-order valence-corrected chi connectivity index (χ4v) is 4.28. The molecule has 0 bridgehead atoms. The standard InChI is InChI=1S/C13H15ClN2O2S/c14-11-1-2-12-10(8-16-5-3-15-4-6-16)9-19(17,18)13(12)7-11/h1-2,7,9,15H,3-6,8H2. The monoisotopic (exact) mass is 298 g/mol. The van der Waals surface area contributed by atoms with Crippen LogP contribution in [0, 0.1) is 0 Å². The molecule has 1 aromatic rings. The minimum atomic E-state index is -3.32. The second kappa shape index (κ2) is 4.90. The van der Waals surface area contributed by atoms with Crippen LogP contribution in [0.4, 0.5) is 0 Å². The normalized spacial score (nSPS) is 22.1. The van der Waals surface area contributed by atoms with Crippen LogP contribution < -0.4 is 5.32 Å². The molecule has 2 aliphatic heterocycles. The SMILES string of the molecule is O=S1(=O)C=C(CN2CCNCC2)c2ccc(Cl)cc21. The first-order valence-electron chi connectivity index (χ1n) is 6.25. The summed E-state index contributed by atoms with van der Waals surface area (Å²) in [7, 11) is -3.32. The Labute approximate surface area is 118 Å². The molecule has 1 fully saturated rings. The first kappa shape index (κ1) is 13.1. The zero-order valence-electron chi connectivity index (χ0n) is 10.4. The van der Waals surface area contributed by atoms with E-state index in [9.17, 15) is 8.42 Å². The maximum Gasteiger partial charge on any atom is 0.200 e. The zero-order valence-corrected chi connectivity index (χ0v) is 12.0. The second-order valence-electron chi connectivity index (χ2n) is 4.85. The average Bonchev–Trinajstić information content (AvgIpc) is 2.62. The second-order valence-corrected chi connectivity index (χ2v) is 7.06. The summed E-state index contributed by atoms with van der Waals surface area (Å²) in [5, 5.41) is 5.13. The van der Waals surface area contributed by atoms with Crippen LogP contribution in [0.1, 0.15) is 5.56 Å². The van der Waals surface area contributed by atoms with E-state index >= 15 is 0 Å². The molecule has 0 amide bonds. The first-order chi connectivity index (χ1) is 9.06. The van der Waals surface area contributed by atoms with Crippen LogP contribution in [0.25, 0.3) is 5.57 Å². The van der Waals surface area contributed by atoms with Gasteiger partial charge in [-0.2, -0.15) is 0 Å². The predicted molar refractivity (Wildman–Crippen MR) is 75.9 cm³/mol. The Hall–Kier alpha value is -0.880. The van der Waals surface area contributed by atoms with Crippen molar-refractivity contribution in [1.82, 2.24) is 10.2 Å². The molecule has 19 heavy (non-hydrogen) atoms. The number of benzene rings is 1. The molecule has 1 saturated heterocycles. The fraction of sp³-hybridized carbons (Fsp3) is 0.385. The van der Waals surface area contributed by atoms with Gasteiger partial charge in [0.15, 0.2) is 0 Å². The van der Waals surface area contributed by atoms with Gasteiger partial charge in [-0.3, -0.25) is 4.90 Å². The molecule has 0 saturated carbocycles. The van der Waals surface area contributed by atoms with Gasteiger partial charge in [-0.15, -0.1) is 0 Å². The molecule has 0 unspecified atom stereocenters. The highest BCUT2D eigenvalue weighted by Gasteiger charge is 2.28. The van der Waals surface area contributed by atoms with Gasteiger partial charge in [0, 0.05) is 43.2 Å².